The van der Waals surface area contributed by atoms with Crippen molar-refractivity contribution in [3.05, 3.63) is 24.3 Å². The van der Waals surface area contributed by atoms with E-state index in [0.29, 0.717) is 6.54 Å². The Labute approximate surface area is 149 Å². The van der Waals surface area contributed by atoms with Crippen LogP contribution in [0.4, 0.5) is 10.5 Å². The van der Waals surface area contributed by atoms with Crippen LogP contribution in [0.5, 0.6) is 5.75 Å². The van der Waals surface area contributed by atoms with Crippen LogP contribution in [-0.4, -0.2) is 57.8 Å². The standard InChI is InChI=1S/C18H28N4O3/c1-4-14(2)19-18(24)20-17(23)13-21-9-11-22(12-10-21)15-5-7-16(25-3)8-6-15/h5-8,14H,4,9-13H2,1-3H3,(H2,19,20,23,24)/p+1/t14-/m0/s1. The van der Waals surface area contributed by atoms with Crippen molar-refractivity contribution in [1.29, 1.82) is 0 Å². The second-order valence-corrected chi connectivity index (χ2v) is 6.44. The number of anilines is 1. The fourth-order valence-corrected chi connectivity index (χ4v) is 2.81. The first-order valence-electron chi connectivity index (χ1n) is 8.84. The minimum Gasteiger partial charge on any atom is -0.497 e. The molecule has 3 N–H and O–H groups in total. The molecule has 0 radical (unpaired) electrons. The first-order chi connectivity index (χ1) is 12.0. The number of rotatable bonds is 6. The van der Waals surface area contributed by atoms with Crippen LogP contribution in [-0.2, 0) is 4.79 Å². The van der Waals surface area contributed by atoms with Gasteiger partial charge in [-0.3, -0.25) is 10.1 Å². The van der Waals surface area contributed by atoms with Gasteiger partial charge in [-0.05, 0) is 37.6 Å². The predicted molar refractivity (Wildman–Crippen MR) is 97.2 cm³/mol. The van der Waals surface area contributed by atoms with Crippen molar-refractivity contribution < 1.29 is 19.2 Å². The Balaban J connectivity index is 1.74. The van der Waals surface area contributed by atoms with E-state index in [0.717, 1.165) is 44.0 Å². The van der Waals surface area contributed by atoms with E-state index in [1.807, 2.05) is 26.0 Å². The van der Waals surface area contributed by atoms with Crippen LogP contribution in [0.2, 0.25) is 0 Å². The Hall–Kier alpha value is -2.28. The average molecular weight is 349 g/mol. The Morgan fingerprint density at radius 1 is 1.24 bits per heavy atom. The van der Waals surface area contributed by atoms with Crippen LogP contribution < -0.4 is 25.2 Å². The zero-order valence-corrected chi connectivity index (χ0v) is 15.3. The lowest BCUT2D eigenvalue weighted by atomic mass is 10.2. The summed E-state index contributed by atoms with van der Waals surface area (Å²) in [5, 5.41) is 5.15. The zero-order chi connectivity index (χ0) is 18.2. The third kappa shape index (κ3) is 5.94. The molecule has 0 saturated carbocycles. The Morgan fingerprint density at radius 2 is 1.88 bits per heavy atom. The van der Waals surface area contributed by atoms with E-state index in [1.165, 1.54) is 4.90 Å². The highest BCUT2D eigenvalue weighted by Crippen LogP contribution is 2.18. The second-order valence-electron chi connectivity index (χ2n) is 6.44. The second kappa shape index (κ2) is 9.27. The molecule has 1 atom stereocenters. The number of benzene rings is 1. The quantitative estimate of drug-likeness (QED) is 0.677. The van der Waals surface area contributed by atoms with Gasteiger partial charge in [-0.25, -0.2) is 4.79 Å². The van der Waals surface area contributed by atoms with Crippen LogP contribution in [0.3, 0.4) is 0 Å². The zero-order valence-electron chi connectivity index (χ0n) is 15.3. The molecule has 3 amide bonds. The molecule has 7 heteroatoms. The highest BCUT2D eigenvalue weighted by molar-refractivity contribution is 5.94. The number of methoxy groups -OCH3 is 1. The van der Waals surface area contributed by atoms with E-state index in [-0.39, 0.29) is 11.9 Å². The van der Waals surface area contributed by atoms with E-state index < -0.39 is 6.03 Å². The van der Waals surface area contributed by atoms with Gasteiger partial charge in [0.1, 0.15) is 5.75 Å². The molecule has 1 saturated heterocycles. The molecule has 1 fully saturated rings. The van der Waals surface area contributed by atoms with Crippen LogP contribution in [0, 0.1) is 0 Å². The Morgan fingerprint density at radius 3 is 2.44 bits per heavy atom. The number of nitrogens with zero attached hydrogens (tertiary/aromatic N) is 1. The smallest absolute Gasteiger partial charge is 0.321 e. The number of urea groups is 1. The fraction of sp³-hybridized carbons (Fsp3) is 0.556. The molecule has 1 aliphatic heterocycles. The van der Waals surface area contributed by atoms with Crippen LogP contribution in [0.1, 0.15) is 20.3 Å². The molecule has 1 heterocycles. The van der Waals surface area contributed by atoms with Crippen molar-refractivity contribution in [3.63, 3.8) is 0 Å². The van der Waals surface area contributed by atoms with Crippen molar-refractivity contribution in [1.82, 2.24) is 10.6 Å². The van der Waals surface area contributed by atoms with E-state index in [9.17, 15) is 9.59 Å². The first kappa shape index (κ1) is 19.1. The van der Waals surface area contributed by atoms with Gasteiger partial charge in [0, 0.05) is 11.7 Å². The summed E-state index contributed by atoms with van der Waals surface area (Å²) in [5.74, 6) is 0.619. The summed E-state index contributed by atoms with van der Waals surface area (Å²) in [6.45, 7) is 7.72. The molecule has 0 aliphatic carbocycles. The molecule has 7 nitrogen and oxygen atoms in total. The largest absolute Gasteiger partial charge is 0.497 e. The number of carbonyl (C=O) groups is 2. The predicted octanol–water partition coefficient (Wildman–Crippen LogP) is 0.0244. The molecule has 1 aliphatic rings. The Kier molecular flexibility index (Phi) is 7.06. The number of ether oxygens (including phenoxy) is 1. The lowest BCUT2D eigenvalue weighted by molar-refractivity contribution is -0.892. The van der Waals surface area contributed by atoms with E-state index >= 15 is 0 Å². The molecule has 0 spiro atoms. The van der Waals surface area contributed by atoms with Gasteiger partial charge in [-0.1, -0.05) is 6.92 Å². The molecule has 0 bridgehead atoms. The summed E-state index contributed by atoms with van der Waals surface area (Å²) in [5.41, 5.74) is 1.16. The molecular formula is C18H29N4O3+. The summed E-state index contributed by atoms with van der Waals surface area (Å²) in [4.78, 5) is 27.2. The fourth-order valence-electron chi connectivity index (χ4n) is 2.81. The molecule has 2 rings (SSSR count). The van der Waals surface area contributed by atoms with Crippen molar-refractivity contribution in [3.8, 4) is 5.75 Å². The number of piperazine rings is 1. The van der Waals surface area contributed by atoms with E-state index in [4.69, 9.17) is 4.74 Å². The highest BCUT2D eigenvalue weighted by Gasteiger charge is 2.23. The van der Waals surface area contributed by atoms with Crippen molar-refractivity contribution in [2.75, 3.05) is 44.7 Å². The van der Waals surface area contributed by atoms with Crippen LogP contribution in [0.15, 0.2) is 24.3 Å². The van der Waals surface area contributed by atoms with Gasteiger partial charge in [-0.15, -0.1) is 0 Å². The number of hydrogen-bond acceptors (Lipinski definition) is 4. The first-order valence-corrected chi connectivity index (χ1v) is 8.84. The number of amides is 3. The number of imide groups is 1. The number of carbonyl (C=O) groups excluding carboxylic acids is 2. The lowest BCUT2D eigenvalue weighted by Gasteiger charge is -2.33. The van der Waals surface area contributed by atoms with Crippen molar-refractivity contribution >= 4 is 17.6 Å². The minimum atomic E-state index is -0.407. The summed E-state index contributed by atoms with van der Waals surface area (Å²) in [7, 11) is 1.66. The average Bonchev–Trinajstić information content (AvgIpc) is 2.62. The molecular weight excluding hydrogens is 320 g/mol. The maximum atomic E-state index is 12.0. The molecule has 1 aromatic carbocycles. The molecule has 0 aromatic heterocycles. The van der Waals surface area contributed by atoms with Gasteiger partial charge in [0.25, 0.3) is 5.91 Å². The SMILES string of the molecule is CC[C@H](C)NC(=O)NC(=O)C[NH+]1CCN(c2ccc(OC)cc2)CC1. The van der Waals surface area contributed by atoms with Crippen molar-refractivity contribution in [2.45, 2.75) is 26.3 Å². The Bertz CT molecular complexity index is 568. The highest BCUT2D eigenvalue weighted by atomic mass is 16.5. The van der Waals surface area contributed by atoms with Gasteiger partial charge < -0.3 is 19.9 Å². The third-order valence-electron chi connectivity index (χ3n) is 4.56. The van der Waals surface area contributed by atoms with Crippen LogP contribution in [0.25, 0.3) is 0 Å². The molecule has 25 heavy (non-hydrogen) atoms. The normalized spacial score (nSPS) is 16.2. The number of quaternary nitrogens is 1. The van der Waals surface area contributed by atoms with Gasteiger partial charge in [0.05, 0.1) is 33.3 Å². The minimum absolute atomic E-state index is 0.0631. The summed E-state index contributed by atoms with van der Waals surface area (Å²) in [6, 6.07) is 7.67. The van der Waals surface area contributed by atoms with Gasteiger partial charge in [-0.2, -0.15) is 0 Å². The summed E-state index contributed by atoms with van der Waals surface area (Å²) in [6.07, 6.45) is 0.834. The topological polar surface area (TPSA) is 75.1 Å². The maximum absolute atomic E-state index is 12.0. The summed E-state index contributed by atoms with van der Waals surface area (Å²) >= 11 is 0. The number of hydrogen-bond donors (Lipinski definition) is 3. The molecule has 0 unspecified atom stereocenters. The monoisotopic (exact) mass is 349 g/mol. The van der Waals surface area contributed by atoms with Gasteiger partial charge in [0.2, 0.25) is 0 Å². The maximum Gasteiger partial charge on any atom is 0.321 e. The molecule has 1 aromatic rings. The van der Waals surface area contributed by atoms with E-state index in [2.05, 4.69) is 27.7 Å². The van der Waals surface area contributed by atoms with Crippen LogP contribution >= 0.6 is 0 Å². The number of nitrogens with one attached hydrogen (secondary N) is 3. The molecule has 138 valence electrons. The van der Waals surface area contributed by atoms with Crippen molar-refractivity contribution in [2.24, 2.45) is 0 Å². The third-order valence-corrected chi connectivity index (χ3v) is 4.56. The van der Waals surface area contributed by atoms with Gasteiger partial charge >= 0.3 is 6.03 Å². The van der Waals surface area contributed by atoms with E-state index in [1.54, 1.807) is 7.11 Å². The summed E-state index contributed by atoms with van der Waals surface area (Å²) < 4.78 is 5.18. The van der Waals surface area contributed by atoms with Gasteiger partial charge in [0.15, 0.2) is 6.54 Å². The lowest BCUT2D eigenvalue weighted by Crippen LogP contribution is -3.16.